The van der Waals surface area contributed by atoms with Crippen LogP contribution < -0.4 is 10.6 Å². The molecule has 0 radical (unpaired) electrons. The van der Waals surface area contributed by atoms with Gasteiger partial charge in [0, 0.05) is 6.54 Å². The number of hydrogen-bond donors (Lipinski definition) is 2. The third kappa shape index (κ3) is 4.48. The van der Waals surface area contributed by atoms with Gasteiger partial charge < -0.3 is 10.6 Å². The van der Waals surface area contributed by atoms with E-state index in [1.54, 1.807) is 0 Å². The van der Waals surface area contributed by atoms with Crippen molar-refractivity contribution < 1.29 is 23.3 Å². The Labute approximate surface area is 118 Å². The fourth-order valence-electron chi connectivity index (χ4n) is 1.45. The Bertz CT molecular complexity index is 578. The summed E-state index contributed by atoms with van der Waals surface area (Å²) in [5.41, 5.74) is -1.53. The average Bonchev–Trinajstić information content (AvgIpc) is 2.44. The Hall–Kier alpha value is -2.58. The molecule has 0 atom stereocenters. The third-order valence-electron chi connectivity index (χ3n) is 2.46. The lowest BCUT2D eigenvalue weighted by Gasteiger charge is -2.07. The minimum Gasteiger partial charge on any atom is -0.355 e. The molecule has 1 aromatic rings. The average molecular weight is 301 g/mol. The number of nitrogens with zero attached hydrogens (tertiary/aromatic N) is 1. The van der Waals surface area contributed by atoms with Crippen molar-refractivity contribution in [1.82, 2.24) is 10.6 Å². The second-order valence-electron chi connectivity index (χ2n) is 4.07. The van der Waals surface area contributed by atoms with E-state index in [-0.39, 0.29) is 0 Å². The van der Waals surface area contributed by atoms with Gasteiger partial charge in [-0.15, -0.1) is 0 Å². The van der Waals surface area contributed by atoms with Gasteiger partial charge in [-0.3, -0.25) is 19.7 Å². The van der Waals surface area contributed by atoms with E-state index in [1.807, 2.05) is 6.92 Å². The maximum atomic E-state index is 13.1. The molecule has 0 fully saturated rings. The smallest absolute Gasteiger partial charge is 0.285 e. The number of carbonyl (C=O) groups excluding carboxylic acids is 2. The summed E-state index contributed by atoms with van der Waals surface area (Å²) in [6.45, 7) is 1.83. The number of halogens is 2. The van der Waals surface area contributed by atoms with Crippen molar-refractivity contribution in [2.45, 2.75) is 13.3 Å². The topological polar surface area (TPSA) is 101 Å². The van der Waals surface area contributed by atoms with Crippen LogP contribution in [0.1, 0.15) is 23.7 Å². The predicted octanol–water partition coefficient (Wildman–Crippen LogP) is 1.13. The van der Waals surface area contributed by atoms with Crippen molar-refractivity contribution in [3.8, 4) is 0 Å². The molecule has 7 nitrogen and oxygen atoms in total. The van der Waals surface area contributed by atoms with E-state index in [0.29, 0.717) is 25.1 Å². The first-order valence-corrected chi connectivity index (χ1v) is 6.05. The van der Waals surface area contributed by atoms with E-state index >= 15 is 0 Å². The van der Waals surface area contributed by atoms with Crippen LogP contribution >= 0.6 is 0 Å². The van der Waals surface area contributed by atoms with E-state index in [1.165, 1.54) is 0 Å². The normalized spacial score (nSPS) is 10.0. The van der Waals surface area contributed by atoms with E-state index < -0.39 is 46.2 Å². The molecule has 114 valence electrons. The first kappa shape index (κ1) is 16.5. The van der Waals surface area contributed by atoms with Crippen molar-refractivity contribution in [3.05, 3.63) is 39.4 Å². The fraction of sp³-hybridized carbons (Fsp3) is 0.333. The van der Waals surface area contributed by atoms with Gasteiger partial charge in [-0.05, 0) is 12.5 Å². The first-order chi connectivity index (χ1) is 9.86. The van der Waals surface area contributed by atoms with Gasteiger partial charge in [0.05, 0.1) is 17.5 Å². The molecule has 0 saturated heterocycles. The SMILES string of the molecule is CCCNC(=O)CNC(=O)c1cc(F)c(F)cc1[N+](=O)[O-]. The van der Waals surface area contributed by atoms with Crippen molar-refractivity contribution in [2.75, 3.05) is 13.1 Å². The van der Waals surface area contributed by atoms with Gasteiger partial charge in [-0.25, -0.2) is 8.78 Å². The van der Waals surface area contributed by atoms with Gasteiger partial charge in [0.15, 0.2) is 11.6 Å². The molecule has 0 spiro atoms. The number of nitrogens with one attached hydrogen (secondary N) is 2. The third-order valence-corrected chi connectivity index (χ3v) is 2.46. The van der Waals surface area contributed by atoms with Crippen LogP contribution in [-0.2, 0) is 4.79 Å². The van der Waals surface area contributed by atoms with Crippen LogP contribution in [-0.4, -0.2) is 29.8 Å². The molecule has 21 heavy (non-hydrogen) atoms. The Morgan fingerprint density at radius 3 is 2.43 bits per heavy atom. The maximum absolute atomic E-state index is 13.1. The lowest BCUT2D eigenvalue weighted by molar-refractivity contribution is -0.385. The summed E-state index contributed by atoms with van der Waals surface area (Å²) >= 11 is 0. The maximum Gasteiger partial charge on any atom is 0.285 e. The lowest BCUT2D eigenvalue weighted by atomic mass is 10.1. The van der Waals surface area contributed by atoms with E-state index in [0.717, 1.165) is 0 Å². The molecule has 0 bridgehead atoms. The van der Waals surface area contributed by atoms with Crippen molar-refractivity contribution >= 4 is 17.5 Å². The molecule has 2 N–H and O–H groups in total. The van der Waals surface area contributed by atoms with Crippen molar-refractivity contribution in [1.29, 1.82) is 0 Å². The molecule has 0 unspecified atom stereocenters. The number of nitro groups is 1. The molecular formula is C12H13F2N3O4. The van der Waals surface area contributed by atoms with Crippen LogP contribution in [0.25, 0.3) is 0 Å². The number of rotatable bonds is 6. The molecule has 0 heterocycles. The Kier molecular flexibility index (Phi) is 5.70. The minimum atomic E-state index is -1.43. The van der Waals surface area contributed by atoms with Crippen molar-refractivity contribution in [2.24, 2.45) is 0 Å². The molecule has 0 aliphatic heterocycles. The number of amides is 2. The van der Waals surface area contributed by atoms with Crippen LogP contribution in [0, 0.1) is 21.7 Å². The molecule has 1 rings (SSSR count). The van der Waals surface area contributed by atoms with E-state index in [4.69, 9.17) is 0 Å². The van der Waals surface area contributed by atoms with Crippen LogP contribution in [0.4, 0.5) is 14.5 Å². The summed E-state index contributed by atoms with van der Waals surface area (Å²) in [4.78, 5) is 32.7. The molecule has 0 aliphatic carbocycles. The highest BCUT2D eigenvalue weighted by Gasteiger charge is 2.24. The highest BCUT2D eigenvalue weighted by molar-refractivity contribution is 5.99. The van der Waals surface area contributed by atoms with E-state index in [9.17, 15) is 28.5 Å². The van der Waals surface area contributed by atoms with Crippen LogP contribution in [0.15, 0.2) is 12.1 Å². The zero-order valence-electron chi connectivity index (χ0n) is 11.1. The molecule has 1 aromatic carbocycles. The Morgan fingerprint density at radius 1 is 1.24 bits per heavy atom. The number of hydrogen-bond acceptors (Lipinski definition) is 4. The van der Waals surface area contributed by atoms with Gasteiger partial charge in [0.25, 0.3) is 11.6 Å². The number of carbonyl (C=O) groups is 2. The summed E-state index contributed by atoms with van der Waals surface area (Å²) in [5, 5.41) is 15.3. The summed E-state index contributed by atoms with van der Waals surface area (Å²) in [7, 11) is 0. The Morgan fingerprint density at radius 2 is 1.86 bits per heavy atom. The fourth-order valence-corrected chi connectivity index (χ4v) is 1.45. The van der Waals surface area contributed by atoms with Gasteiger partial charge in [0.1, 0.15) is 5.56 Å². The summed E-state index contributed by atoms with van der Waals surface area (Å²) in [6, 6.07) is 0.744. The largest absolute Gasteiger partial charge is 0.355 e. The number of benzene rings is 1. The second-order valence-corrected chi connectivity index (χ2v) is 4.07. The molecule has 0 saturated carbocycles. The standard InChI is InChI=1S/C12H13F2N3O4/c1-2-3-15-11(18)6-16-12(19)7-4-8(13)9(14)5-10(7)17(20)21/h4-5H,2-3,6H2,1H3,(H,15,18)(H,16,19). The van der Waals surface area contributed by atoms with Crippen LogP contribution in [0.5, 0.6) is 0 Å². The molecule has 0 aromatic heterocycles. The highest BCUT2D eigenvalue weighted by atomic mass is 19.2. The summed E-state index contributed by atoms with van der Waals surface area (Å²) in [5.74, 6) is -4.34. The lowest BCUT2D eigenvalue weighted by Crippen LogP contribution is -2.37. The zero-order chi connectivity index (χ0) is 16.0. The number of nitro benzene ring substituents is 1. The highest BCUT2D eigenvalue weighted by Crippen LogP contribution is 2.22. The molecule has 0 aliphatic rings. The van der Waals surface area contributed by atoms with Crippen LogP contribution in [0.3, 0.4) is 0 Å². The monoisotopic (exact) mass is 301 g/mol. The summed E-state index contributed by atoms with van der Waals surface area (Å²) < 4.78 is 26.1. The molecular weight excluding hydrogens is 288 g/mol. The van der Waals surface area contributed by atoms with Crippen molar-refractivity contribution in [3.63, 3.8) is 0 Å². The van der Waals surface area contributed by atoms with Gasteiger partial charge in [-0.2, -0.15) is 0 Å². The van der Waals surface area contributed by atoms with E-state index in [2.05, 4.69) is 10.6 Å². The van der Waals surface area contributed by atoms with Gasteiger partial charge in [-0.1, -0.05) is 6.92 Å². The van der Waals surface area contributed by atoms with Crippen LogP contribution in [0.2, 0.25) is 0 Å². The predicted molar refractivity (Wildman–Crippen MR) is 68.6 cm³/mol. The molecule has 9 heteroatoms. The van der Waals surface area contributed by atoms with Gasteiger partial charge in [0.2, 0.25) is 5.91 Å². The minimum absolute atomic E-state index is 0.321. The van der Waals surface area contributed by atoms with Gasteiger partial charge >= 0.3 is 0 Å². The second kappa shape index (κ2) is 7.27. The Balaban J connectivity index is 2.85. The molecule has 2 amide bonds. The quantitative estimate of drug-likeness (QED) is 0.607. The first-order valence-electron chi connectivity index (χ1n) is 6.05. The zero-order valence-corrected chi connectivity index (χ0v) is 11.1. The summed E-state index contributed by atoms with van der Waals surface area (Å²) in [6.07, 6.45) is 0.703.